The maximum Gasteiger partial charge on any atom is 0.326 e. The fraction of sp³-hybridized carbons (Fsp3) is 0.750. The SMILES string of the molecule is CN[C@@H](C)C(=O)N[C@H](C(=O)N[C@@H](C)C(=O)N[C@H](C(=O)O)C(C)C)C(C)O. The topological polar surface area (TPSA) is 157 Å². The number of amides is 3. The van der Waals surface area contributed by atoms with E-state index in [-0.39, 0.29) is 5.92 Å². The number of nitrogens with one attached hydrogen (secondary N) is 4. The highest BCUT2D eigenvalue weighted by Gasteiger charge is 2.31. The lowest BCUT2D eigenvalue weighted by Gasteiger charge is -2.25. The zero-order chi connectivity index (χ0) is 20.6. The average Bonchev–Trinajstić information content (AvgIpc) is 2.54. The third-order valence-corrected chi connectivity index (χ3v) is 3.87. The van der Waals surface area contributed by atoms with Gasteiger partial charge in [-0.15, -0.1) is 0 Å². The lowest BCUT2D eigenvalue weighted by molar-refractivity contribution is -0.143. The molecule has 0 radical (unpaired) electrons. The Morgan fingerprint density at radius 3 is 1.58 bits per heavy atom. The maximum absolute atomic E-state index is 12.3. The van der Waals surface area contributed by atoms with Crippen LogP contribution in [0.15, 0.2) is 0 Å². The summed E-state index contributed by atoms with van der Waals surface area (Å²) in [6.45, 7) is 7.58. The van der Waals surface area contributed by atoms with Crippen molar-refractivity contribution in [2.45, 2.75) is 64.9 Å². The summed E-state index contributed by atoms with van der Waals surface area (Å²) in [5, 5.41) is 28.7. The van der Waals surface area contributed by atoms with Crippen molar-refractivity contribution in [3.8, 4) is 0 Å². The number of rotatable bonds is 10. The van der Waals surface area contributed by atoms with Crippen LogP contribution < -0.4 is 21.3 Å². The summed E-state index contributed by atoms with van der Waals surface area (Å²) in [5.41, 5.74) is 0. The molecule has 10 heteroatoms. The molecule has 10 nitrogen and oxygen atoms in total. The van der Waals surface area contributed by atoms with Crippen molar-refractivity contribution in [1.29, 1.82) is 0 Å². The molecule has 6 N–H and O–H groups in total. The molecule has 3 amide bonds. The second-order valence-corrected chi connectivity index (χ2v) is 6.54. The fourth-order valence-electron chi connectivity index (χ4n) is 1.98. The van der Waals surface area contributed by atoms with Crippen molar-refractivity contribution in [3.05, 3.63) is 0 Å². The Morgan fingerprint density at radius 2 is 1.19 bits per heavy atom. The number of aliphatic hydroxyl groups excluding tert-OH is 1. The molecule has 0 saturated carbocycles. The maximum atomic E-state index is 12.3. The van der Waals surface area contributed by atoms with Crippen LogP contribution in [0.2, 0.25) is 0 Å². The molecule has 0 aliphatic carbocycles. The Bertz CT molecular complexity index is 523. The van der Waals surface area contributed by atoms with E-state index in [9.17, 15) is 24.3 Å². The number of likely N-dealkylation sites (N-methyl/N-ethyl adjacent to an activating group) is 1. The van der Waals surface area contributed by atoms with E-state index < -0.39 is 54.0 Å². The highest BCUT2D eigenvalue weighted by atomic mass is 16.4. The molecule has 26 heavy (non-hydrogen) atoms. The standard InChI is InChI=1S/C16H30N4O6/c1-7(2)11(16(25)26)19-14(23)9(4)18-15(24)12(10(5)21)20-13(22)8(3)17-6/h7-12,17,21H,1-6H3,(H,18,24)(H,19,23)(H,20,22)(H,25,26)/t8-,9-,10?,11-,12-/m0/s1. The van der Waals surface area contributed by atoms with Gasteiger partial charge in [0.25, 0.3) is 0 Å². The predicted octanol–water partition coefficient (Wildman–Crippen LogP) is -1.81. The van der Waals surface area contributed by atoms with Crippen molar-refractivity contribution >= 4 is 23.7 Å². The van der Waals surface area contributed by atoms with Gasteiger partial charge < -0.3 is 31.5 Å². The molecular weight excluding hydrogens is 344 g/mol. The molecule has 0 aromatic carbocycles. The largest absolute Gasteiger partial charge is 0.480 e. The molecule has 0 aromatic heterocycles. The van der Waals surface area contributed by atoms with Crippen LogP contribution in [0.1, 0.15) is 34.6 Å². The van der Waals surface area contributed by atoms with Gasteiger partial charge in [-0.2, -0.15) is 0 Å². The van der Waals surface area contributed by atoms with E-state index in [0.717, 1.165) is 0 Å². The van der Waals surface area contributed by atoms with Gasteiger partial charge in [-0.25, -0.2) is 4.79 Å². The van der Waals surface area contributed by atoms with Crippen LogP contribution in [-0.2, 0) is 19.2 Å². The van der Waals surface area contributed by atoms with Crippen LogP contribution in [0.4, 0.5) is 0 Å². The summed E-state index contributed by atoms with van der Waals surface area (Å²) in [7, 11) is 1.57. The van der Waals surface area contributed by atoms with Crippen molar-refractivity contribution in [2.75, 3.05) is 7.05 Å². The van der Waals surface area contributed by atoms with Gasteiger partial charge >= 0.3 is 5.97 Å². The lowest BCUT2D eigenvalue weighted by atomic mass is 10.0. The highest BCUT2D eigenvalue weighted by Crippen LogP contribution is 2.03. The van der Waals surface area contributed by atoms with Crippen molar-refractivity contribution in [1.82, 2.24) is 21.3 Å². The van der Waals surface area contributed by atoms with Crippen molar-refractivity contribution < 1.29 is 29.4 Å². The van der Waals surface area contributed by atoms with E-state index in [1.165, 1.54) is 13.8 Å². The first kappa shape index (κ1) is 23.8. The minimum atomic E-state index is -1.26. The van der Waals surface area contributed by atoms with Gasteiger partial charge in [-0.1, -0.05) is 13.8 Å². The summed E-state index contributed by atoms with van der Waals surface area (Å²) in [6, 6.07) is -3.98. The molecule has 0 aliphatic heterocycles. The third kappa shape index (κ3) is 7.36. The van der Waals surface area contributed by atoms with Crippen LogP contribution in [-0.4, -0.2) is 71.2 Å². The minimum Gasteiger partial charge on any atom is -0.480 e. The number of carbonyl (C=O) groups excluding carboxylic acids is 3. The monoisotopic (exact) mass is 374 g/mol. The van der Waals surface area contributed by atoms with Gasteiger partial charge in [0.1, 0.15) is 18.1 Å². The number of hydrogen-bond acceptors (Lipinski definition) is 6. The molecule has 0 fully saturated rings. The van der Waals surface area contributed by atoms with Gasteiger partial charge in [0.05, 0.1) is 12.1 Å². The molecule has 0 rings (SSSR count). The van der Waals surface area contributed by atoms with Crippen LogP contribution in [0.5, 0.6) is 0 Å². The first-order chi connectivity index (χ1) is 11.9. The Morgan fingerprint density at radius 1 is 0.731 bits per heavy atom. The zero-order valence-electron chi connectivity index (χ0n) is 16.0. The molecule has 0 aliphatic rings. The summed E-state index contributed by atoms with van der Waals surface area (Å²) in [4.78, 5) is 47.5. The molecule has 5 atom stereocenters. The summed E-state index contributed by atoms with van der Waals surface area (Å²) < 4.78 is 0. The summed E-state index contributed by atoms with van der Waals surface area (Å²) in [5.74, 6) is -3.44. The van der Waals surface area contributed by atoms with Gasteiger partial charge in [0, 0.05) is 0 Å². The third-order valence-electron chi connectivity index (χ3n) is 3.87. The van der Waals surface area contributed by atoms with E-state index in [2.05, 4.69) is 21.3 Å². The van der Waals surface area contributed by atoms with Gasteiger partial charge in [-0.05, 0) is 33.7 Å². The summed E-state index contributed by atoms with van der Waals surface area (Å²) in [6.07, 6.45) is -1.19. The fourth-order valence-corrected chi connectivity index (χ4v) is 1.98. The number of carbonyl (C=O) groups is 4. The highest BCUT2D eigenvalue weighted by molar-refractivity contribution is 5.94. The zero-order valence-corrected chi connectivity index (χ0v) is 16.0. The lowest BCUT2D eigenvalue weighted by Crippen LogP contribution is -2.59. The van der Waals surface area contributed by atoms with Crippen LogP contribution >= 0.6 is 0 Å². The second kappa shape index (κ2) is 10.7. The molecule has 0 heterocycles. The van der Waals surface area contributed by atoms with Crippen LogP contribution in [0, 0.1) is 5.92 Å². The summed E-state index contributed by atoms with van der Waals surface area (Å²) >= 11 is 0. The molecule has 0 bridgehead atoms. The van der Waals surface area contributed by atoms with E-state index in [1.54, 1.807) is 27.8 Å². The number of carboxylic acid groups (broad SMARTS) is 1. The first-order valence-electron chi connectivity index (χ1n) is 8.41. The normalized spacial score (nSPS) is 16.8. The smallest absolute Gasteiger partial charge is 0.326 e. The number of hydrogen-bond donors (Lipinski definition) is 6. The van der Waals surface area contributed by atoms with Gasteiger partial charge in [0.15, 0.2) is 0 Å². The Kier molecular flexibility index (Phi) is 9.81. The van der Waals surface area contributed by atoms with E-state index in [4.69, 9.17) is 5.11 Å². The molecule has 150 valence electrons. The van der Waals surface area contributed by atoms with Gasteiger partial charge in [-0.3, -0.25) is 14.4 Å². The molecule has 0 spiro atoms. The predicted molar refractivity (Wildman–Crippen MR) is 94.1 cm³/mol. The number of aliphatic carboxylic acids is 1. The van der Waals surface area contributed by atoms with Crippen LogP contribution in [0.3, 0.4) is 0 Å². The van der Waals surface area contributed by atoms with E-state index in [0.29, 0.717) is 0 Å². The van der Waals surface area contributed by atoms with Crippen LogP contribution in [0.25, 0.3) is 0 Å². The van der Waals surface area contributed by atoms with Crippen molar-refractivity contribution in [2.24, 2.45) is 5.92 Å². The second-order valence-electron chi connectivity index (χ2n) is 6.54. The van der Waals surface area contributed by atoms with Gasteiger partial charge in [0.2, 0.25) is 17.7 Å². The molecule has 0 saturated heterocycles. The van der Waals surface area contributed by atoms with E-state index >= 15 is 0 Å². The molecule has 0 aromatic rings. The van der Waals surface area contributed by atoms with Crippen molar-refractivity contribution in [3.63, 3.8) is 0 Å². The minimum absolute atomic E-state index is 0.341. The first-order valence-corrected chi connectivity index (χ1v) is 8.41. The number of carboxylic acids is 1. The molecular formula is C16H30N4O6. The Hall–Kier alpha value is -2.20. The quantitative estimate of drug-likeness (QED) is 0.263. The molecule has 1 unspecified atom stereocenters. The average molecular weight is 374 g/mol. The Labute approximate surface area is 153 Å². The Balaban J connectivity index is 4.94. The number of aliphatic hydroxyl groups is 1. The van der Waals surface area contributed by atoms with E-state index in [1.807, 2.05) is 0 Å².